The van der Waals surface area contributed by atoms with Crippen molar-refractivity contribution in [3.8, 4) is 0 Å². The van der Waals surface area contributed by atoms with E-state index in [-0.39, 0.29) is 24.3 Å². The van der Waals surface area contributed by atoms with Gasteiger partial charge >= 0.3 is 5.97 Å². The SMILES string of the molecule is CNC(C(=O)OCc1ccccc1)C(C)OC(C)(C)C. The number of benzene rings is 1. The highest BCUT2D eigenvalue weighted by molar-refractivity contribution is 5.76. The molecule has 4 nitrogen and oxygen atoms in total. The molecule has 0 bridgehead atoms. The van der Waals surface area contributed by atoms with E-state index in [1.165, 1.54) is 0 Å². The maximum atomic E-state index is 12.1. The van der Waals surface area contributed by atoms with Gasteiger partial charge in [-0.05, 0) is 40.3 Å². The van der Waals surface area contributed by atoms with Crippen LogP contribution in [0.4, 0.5) is 0 Å². The van der Waals surface area contributed by atoms with Gasteiger partial charge in [0.2, 0.25) is 0 Å². The topological polar surface area (TPSA) is 47.6 Å². The first-order valence-corrected chi connectivity index (χ1v) is 6.89. The number of nitrogens with one attached hydrogen (secondary N) is 1. The highest BCUT2D eigenvalue weighted by Gasteiger charge is 2.28. The van der Waals surface area contributed by atoms with E-state index in [1.54, 1.807) is 7.05 Å². The molecule has 0 aliphatic heterocycles. The smallest absolute Gasteiger partial charge is 0.326 e. The van der Waals surface area contributed by atoms with Gasteiger partial charge in [-0.15, -0.1) is 0 Å². The highest BCUT2D eigenvalue weighted by atomic mass is 16.5. The van der Waals surface area contributed by atoms with Crippen molar-refractivity contribution in [2.24, 2.45) is 0 Å². The van der Waals surface area contributed by atoms with E-state index in [9.17, 15) is 4.79 Å². The minimum absolute atomic E-state index is 0.261. The molecule has 0 aliphatic rings. The Morgan fingerprint density at radius 3 is 2.35 bits per heavy atom. The first-order chi connectivity index (χ1) is 9.33. The molecule has 0 spiro atoms. The minimum Gasteiger partial charge on any atom is -0.460 e. The molecule has 1 rings (SSSR count). The van der Waals surface area contributed by atoms with Crippen LogP contribution >= 0.6 is 0 Å². The Kier molecular flexibility index (Phi) is 6.17. The van der Waals surface area contributed by atoms with Crippen LogP contribution in [0.5, 0.6) is 0 Å². The van der Waals surface area contributed by atoms with Crippen LogP contribution in [0, 0.1) is 0 Å². The number of carbonyl (C=O) groups is 1. The molecule has 112 valence electrons. The number of hydrogen-bond donors (Lipinski definition) is 1. The van der Waals surface area contributed by atoms with Crippen LogP contribution in [0.15, 0.2) is 30.3 Å². The first kappa shape index (κ1) is 16.7. The van der Waals surface area contributed by atoms with Crippen LogP contribution in [0.25, 0.3) is 0 Å². The molecule has 2 unspecified atom stereocenters. The fourth-order valence-corrected chi connectivity index (χ4v) is 1.99. The Hall–Kier alpha value is -1.39. The summed E-state index contributed by atoms with van der Waals surface area (Å²) in [6.07, 6.45) is -0.261. The van der Waals surface area contributed by atoms with Crippen molar-refractivity contribution in [1.82, 2.24) is 5.32 Å². The van der Waals surface area contributed by atoms with E-state index in [4.69, 9.17) is 9.47 Å². The van der Waals surface area contributed by atoms with Gasteiger partial charge in [0, 0.05) is 0 Å². The second-order valence-electron chi connectivity index (χ2n) is 5.79. The van der Waals surface area contributed by atoms with Crippen molar-refractivity contribution >= 4 is 5.97 Å². The van der Waals surface area contributed by atoms with Gasteiger partial charge in [-0.3, -0.25) is 4.79 Å². The first-order valence-electron chi connectivity index (χ1n) is 6.89. The maximum Gasteiger partial charge on any atom is 0.326 e. The van der Waals surface area contributed by atoms with Gasteiger partial charge in [-0.2, -0.15) is 0 Å². The number of likely N-dealkylation sites (N-methyl/N-ethyl adjacent to an activating group) is 1. The quantitative estimate of drug-likeness (QED) is 0.813. The summed E-state index contributed by atoms with van der Waals surface area (Å²) in [6, 6.07) is 9.15. The van der Waals surface area contributed by atoms with E-state index < -0.39 is 6.04 Å². The fraction of sp³-hybridized carbons (Fsp3) is 0.562. The molecule has 0 aromatic heterocycles. The van der Waals surface area contributed by atoms with Crippen molar-refractivity contribution in [2.75, 3.05) is 7.05 Å². The summed E-state index contributed by atoms with van der Waals surface area (Å²) < 4.78 is 11.1. The van der Waals surface area contributed by atoms with Gasteiger partial charge in [0.15, 0.2) is 0 Å². The molecule has 1 aromatic rings. The lowest BCUT2D eigenvalue weighted by Crippen LogP contribution is -2.47. The molecule has 0 fully saturated rings. The summed E-state index contributed by atoms with van der Waals surface area (Å²) in [5, 5.41) is 2.96. The summed E-state index contributed by atoms with van der Waals surface area (Å²) in [7, 11) is 1.73. The van der Waals surface area contributed by atoms with Crippen molar-refractivity contribution in [2.45, 2.75) is 52.0 Å². The zero-order valence-electron chi connectivity index (χ0n) is 13.0. The van der Waals surface area contributed by atoms with Gasteiger partial charge in [0.25, 0.3) is 0 Å². The normalized spacial score (nSPS) is 14.7. The Labute approximate surface area is 121 Å². The molecular weight excluding hydrogens is 254 g/mol. The Balaban J connectivity index is 2.54. The lowest BCUT2D eigenvalue weighted by Gasteiger charge is -2.29. The van der Waals surface area contributed by atoms with Crippen molar-refractivity contribution in [3.05, 3.63) is 35.9 Å². The second-order valence-corrected chi connectivity index (χ2v) is 5.79. The predicted octanol–water partition coefficient (Wildman–Crippen LogP) is 2.52. The van der Waals surface area contributed by atoms with Crippen molar-refractivity contribution in [3.63, 3.8) is 0 Å². The molecule has 0 saturated heterocycles. The average Bonchev–Trinajstić information content (AvgIpc) is 2.36. The molecule has 0 saturated carbocycles. The third kappa shape index (κ3) is 5.72. The third-order valence-electron chi connectivity index (χ3n) is 2.80. The van der Waals surface area contributed by atoms with Gasteiger partial charge in [0.1, 0.15) is 12.6 Å². The summed E-state index contributed by atoms with van der Waals surface area (Å²) in [5.74, 6) is -0.298. The number of carbonyl (C=O) groups excluding carboxylic acids is 1. The van der Waals surface area contributed by atoms with E-state index in [2.05, 4.69) is 5.32 Å². The number of hydrogen-bond acceptors (Lipinski definition) is 4. The summed E-state index contributed by atoms with van der Waals surface area (Å²) >= 11 is 0. The molecule has 20 heavy (non-hydrogen) atoms. The van der Waals surface area contributed by atoms with Crippen LogP contribution in [0.1, 0.15) is 33.3 Å². The molecule has 2 atom stereocenters. The maximum absolute atomic E-state index is 12.1. The molecule has 1 aromatic carbocycles. The third-order valence-corrected chi connectivity index (χ3v) is 2.80. The predicted molar refractivity (Wildman–Crippen MR) is 79.4 cm³/mol. The van der Waals surface area contributed by atoms with E-state index in [1.807, 2.05) is 58.0 Å². The molecule has 0 radical (unpaired) electrons. The van der Waals surface area contributed by atoms with Crippen molar-refractivity contribution in [1.29, 1.82) is 0 Å². The van der Waals surface area contributed by atoms with E-state index in [0.717, 1.165) is 5.56 Å². The Bertz CT molecular complexity index is 411. The van der Waals surface area contributed by atoms with Crippen molar-refractivity contribution < 1.29 is 14.3 Å². The lowest BCUT2D eigenvalue weighted by molar-refractivity contribution is -0.154. The number of rotatable bonds is 6. The molecule has 0 heterocycles. The molecule has 1 N–H and O–H groups in total. The average molecular weight is 279 g/mol. The van der Waals surface area contributed by atoms with E-state index >= 15 is 0 Å². The summed E-state index contributed by atoms with van der Waals surface area (Å²) in [4.78, 5) is 12.1. The van der Waals surface area contributed by atoms with Gasteiger partial charge < -0.3 is 14.8 Å². The number of esters is 1. The Morgan fingerprint density at radius 2 is 1.85 bits per heavy atom. The van der Waals surface area contributed by atoms with Gasteiger partial charge in [-0.25, -0.2) is 0 Å². The van der Waals surface area contributed by atoms with Crippen LogP contribution in [0.3, 0.4) is 0 Å². The summed E-state index contributed by atoms with van der Waals surface area (Å²) in [6.45, 7) is 8.04. The zero-order valence-corrected chi connectivity index (χ0v) is 13.0. The van der Waals surface area contributed by atoms with Gasteiger partial charge in [-0.1, -0.05) is 30.3 Å². The number of ether oxygens (including phenoxy) is 2. The van der Waals surface area contributed by atoms with E-state index in [0.29, 0.717) is 0 Å². The second kappa shape index (κ2) is 7.41. The molecular formula is C16H25NO3. The Morgan fingerprint density at radius 1 is 1.25 bits per heavy atom. The van der Waals surface area contributed by atoms with Gasteiger partial charge in [0.05, 0.1) is 11.7 Å². The fourth-order valence-electron chi connectivity index (χ4n) is 1.99. The molecule has 4 heteroatoms. The largest absolute Gasteiger partial charge is 0.460 e. The van der Waals surface area contributed by atoms with Crippen LogP contribution < -0.4 is 5.32 Å². The van der Waals surface area contributed by atoms with Crippen LogP contribution in [-0.2, 0) is 20.9 Å². The molecule has 0 aliphatic carbocycles. The summed E-state index contributed by atoms with van der Waals surface area (Å²) in [5.41, 5.74) is 0.675. The lowest BCUT2D eigenvalue weighted by atomic mass is 10.1. The monoisotopic (exact) mass is 279 g/mol. The molecule has 0 amide bonds. The zero-order chi connectivity index (χ0) is 15.2. The standard InChI is InChI=1S/C16H25NO3/c1-12(20-16(2,3)4)14(17-5)15(18)19-11-13-9-7-6-8-10-13/h6-10,12,14,17H,11H2,1-5H3. The van der Waals surface area contributed by atoms with Crippen LogP contribution in [0.2, 0.25) is 0 Å². The van der Waals surface area contributed by atoms with Crippen LogP contribution in [-0.4, -0.2) is 30.8 Å². The minimum atomic E-state index is -0.474. The highest BCUT2D eigenvalue weighted by Crippen LogP contribution is 2.14.